The quantitative estimate of drug-likeness (QED) is 0.669. The number of halogens is 2. The first kappa shape index (κ1) is 20.4. The molecule has 2 aromatic heterocycles. The molecular formula is C22H25F2N5O. The number of piperidine rings is 1. The molecule has 3 heterocycles. The molecule has 0 amide bonds. The first-order chi connectivity index (χ1) is 14.5. The molecular weight excluding hydrogens is 388 g/mol. The maximum absolute atomic E-state index is 14.2. The second-order valence-electron chi connectivity index (χ2n) is 7.65. The van der Waals surface area contributed by atoms with Gasteiger partial charge in [0.25, 0.3) is 0 Å². The van der Waals surface area contributed by atoms with E-state index in [-0.39, 0.29) is 5.56 Å². The van der Waals surface area contributed by atoms with E-state index >= 15 is 0 Å². The molecule has 158 valence electrons. The van der Waals surface area contributed by atoms with Gasteiger partial charge in [-0.15, -0.1) is 5.10 Å². The molecule has 3 aromatic rings. The van der Waals surface area contributed by atoms with Crippen molar-refractivity contribution in [3.63, 3.8) is 0 Å². The number of pyridine rings is 1. The smallest absolute Gasteiger partial charge is 0.164 e. The number of rotatable bonds is 5. The van der Waals surface area contributed by atoms with E-state index in [0.29, 0.717) is 17.6 Å². The van der Waals surface area contributed by atoms with E-state index in [1.165, 1.54) is 6.07 Å². The number of ether oxygens (including phenoxy) is 1. The maximum Gasteiger partial charge on any atom is 0.164 e. The highest BCUT2D eigenvalue weighted by Crippen LogP contribution is 2.30. The Bertz CT molecular complexity index is 1050. The van der Waals surface area contributed by atoms with Crippen LogP contribution >= 0.6 is 0 Å². The summed E-state index contributed by atoms with van der Waals surface area (Å²) in [4.78, 5) is 6.89. The molecule has 4 rings (SSSR count). The molecule has 1 atom stereocenters. The molecule has 1 aliphatic rings. The van der Waals surface area contributed by atoms with Crippen molar-refractivity contribution in [2.24, 2.45) is 0 Å². The lowest BCUT2D eigenvalue weighted by Gasteiger charge is -2.32. The van der Waals surface area contributed by atoms with Crippen molar-refractivity contribution in [1.82, 2.24) is 15.2 Å². The Hall–Kier alpha value is -2.87. The fourth-order valence-electron chi connectivity index (χ4n) is 3.92. The van der Waals surface area contributed by atoms with Gasteiger partial charge in [0.1, 0.15) is 0 Å². The van der Waals surface area contributed by atoms with Gasteiger partial charge in [0.15, 0.2) is 17.5 Å². The molecule has 1 N–H and O–H groups in total. The summed E-state index contributed by atoms with van der Waals surface area (Å²) < 4.78 is 33.3. The number of methoxy groups -OCH3 is 1. The van der Waals surface area contributed by atoms with Crippen LogP contribution in [0.2, 0.25) is 0 Å². The standard InChI is InChI=1S/C22H25F2N5O/c1-13(17-5-4-6-19(23)20(17)24)26-22-18-11-15(12-25-21(18)14(2)27-28-22)29-9-7-16(30-3)8-10-29/h4-6,11-13,16H,7-10H2,1-3H3,(H,26,28)/t13-/m1/s1. The number of fused-ring (bicyclic) bond motifs is 1. The summed E-state index contributed by atoms with van der Waals surface area (Å²) in [6.07, 6.45) is 4.07. The number of benzene rings is 1. The topological polar surface area (TPSA) is 63.2 Å². The van der Waals surface area contributed by atoms with Crippen LogP contribution in [0.4, 0.5) is 20.3 Å². The maximum atomic E-state index is 14.2. The van der Waals surface area contributed by atoms with Gasteiger partial charge >= 0.3 is 0 Å². The van der Waals surface area contributed by atoms with E-state index in [2.05, 4.69) is 25.4 Å². The van der Waals surface area contributed by atoms with E-state index < -0.39 is 17.7 Å². The number of hydrogen-bond acceptors (Lipinski definition) is 6. The van der Waals surface area contributed by atoms with Crippen molar-refractivity contribution in [3.8, 4) is 0 Å². The number of nitrogens with zero attached hydrogens (tertiary/aromatic N) is 4. The Kier molecular flexibility index (Phi) is 5.76. The van der Waals surface area contributed by atoms with Gasteiger partial charge in [0, 0.05) is 31.1 Å². The van der Waals surface area contributed by atoms with E-state index in [0.717, 1.165) is 48.6 Å². The zero-order valence-corrected chi connectivity index (χ0v) is 17.3. The summed E-state index contributed by atoms with van der Waals surface area (Å²) in [6.45, 7) is 5.39. The van der Waals surface area contributed by atoms with Gasteiger partial charge in [-0.2, -0.15) is 5.10 Å². The molecule has 1 aromatic carbocycles. The minimum absolute atomic E-state index is 0.233. The highest BCUT2D eigenvalue weighted by molar-refractivity contribution is 5.92. The van der Waals surface area contributed by atoms with E-state index in [1.54, 1.807) is 20.1 Å². The molecule has 1 saturated heterocycles. The van der Waals surface area contributed by atoms with E-state index in [1.807, 2.05) is 19.2 Å². The summed E-state index contributed by atoms with van der Waals surface area (Å²) in [6, 6.07) is 5.70. The summed E-state index contributed by atoms with van der Waals surface area (Å²) in [5.74, 6) is -1.24. The fourth-order valence-corrected chi connectivity index (χ4v) is 3.92. The van der Waals surface area contributed by atoms with Crippen LogP contribution in [-0.2, 0) is 4.74 Å². The minimum atomic E-state index is -0.871. The van der Waals surface area contributed by atoms with Crippen molar-refractivity contribution >= 4 is 22.4 Å². The lowest BCUT2D eigenvalue weighted by atomic mass is 10.1. The van der Waals surface area contributed by atoms with Crippen molar-refractivity contribution in [2.75, 3.05) is 30.4 Å². The first-order valence-corrected chi connectivity index (χ1v) is 10.1. The van der Waals surface area contributed by atoms with Crippen LogP contribution in [0, 0.1) is 18.6 Å². The minimum Gasteiger partial charge on any atom is -0.381 e. The van der Waals surface area contributed by atoms with Crippen LogP contribution in [0.3, 0.4) is 0 Å². The predicted octanol–water partition coefficient (Wildman–Crippen LogP) is 4.40. The van der Waals surface area contributed by atoms with Gasteiger partial charge in [-0.25, -0.2) is 8.78 Å². The summed E-state index contributed by atoms with van der Waals surface area (Å²) in [5.41, 5.74) is 2.67. The lowest BCUT2D eigenvalue weighted by Crippen LogP contribution is -2.36. The highest BCUT2D eigenvalue weighted by Gasteiger charge is 2.21. The number of hydrogen-bond donors (Lipinski definition) is 1. The number of anilines is 2. The van der Waals surface area contributed by atoms with Gasteiger partial charge < -0.3 is 15.0 Å². The number of aryl methyl sites for hydroxylation is 1. The zero-order chi connectivity index (χ0) is 21.3. The molecule has 0 saturated carbocycles. The van der Waals surface area contributed by atoms with E-state index in [9.17, 15) is 8.78 Å². The Balaban J connectivity index is 1.66. The predicted molar refractivity (Wildman–Crippen MR) is 113 cm³/mol. The fraction of sp³-hybridized carbons (Fsp3) is 0.409. The second kappa shape index (κ2) is 8.47. The van der Waals surface area contributed by atoms with Crippen molar-refractivity contribution in [2.45, 2.75) is 38.8 Å². The molecule has 0 bridgehead atoms. The second-order valence-corrected chi connectivity index (χ2v) is 7.65. The molecule has 6 nitrogen and oxygen atoms in total. The average Bonchev–Trinajstić information content (AvgIpc) is 2.77. The summed E-state index contributed by atoms with van der Waals surface area (Å²) in [5, 5.41) is 12.5. The van der Waals surface area contributed by atoms with Crippen LogP contribution in [0.1, 0.15) is 37.1 Å². The first-order valence-electron chi connectivity index (χ1n) is 10.1. The number of nitrogens with one attached hydrogen (secondary N) is 1. The number of aromatic nitrogens is 3. The molecule has 0 unspecified atom stereocenters. The Morgan fingerprint density at radius 2 is 1.97 bits per heavy atom. The van der Waals surface area contributed by atoms with Gasteiger partial charge in [-0.3, -0.25) is 4.98 Å². The van der Waals surface area contributed by atoms with Crippen LogP contribution in [-0.4, -0.2) is 41.5 Å². The SMILES string of the molecule is COC1CCN(c2cnc3c(C)nnc(N[C@H](C)c4cccc(F)c4F)c3c2)CC1. The van der Waals surface area contributed by atoms with Gasteiger partial charge in [0.2, 0.25) is 0 Å². The van der Waals surface area contributed by atoms with Gasteiger partial charge in [-0.05, 0) is 38.8 Å². The third-order valence-electron chi connectivity index (χ3n) is 5.71. The Morgan fingerprint density at radius 1 is 1.20 bits per heavy atom. The van der Waals surface area contributed by atoms with Crippen molar-refractivity contribution in [3.05, 3.63) is 53.4 Å². The summed E-state index contributed by atoms with van der Waals surface area (Å²) >= 11 is 0. The largest absolute Gasteiger partial charge is 0.381 e. The molecule has 0 spiro atoms. The van der Waals surface area contributed by atoms with Crippen molar-refractivity contribution in [1.29, 1.82) is 0 Å². The monoisotopic (exact) mass is 413 g/mol. The lowest BCUT2D eigenvalue weighted by molar-refractivity contribution is 0.0819. The Morgan fingerprint density at radius 3 is 2.70 bits per heavy atom. The van der Waals surface area contributed by atoms with Crippen molar-refractivity contribution < 1.29 is 13.5 Å². The average molecular weight is 413 g/mol. The highest BCUT2D eigenvalue weighted by atomic mass is 19.2. The van der Waals surface area contributed by atoms with Crippen LogP contribution in [0.15, 0.2) is 30.5 Å². The third kappa shape index (κ3) is 3.92. The van der Waals surface area contributed by atoms with Crippen LogP contribution in [0.25, 0.3) is 10.9 Å². The molecule has 0 aliphatic carbocycles. The van der Waals surface area contributed by atoms with Gasteiger partial charge in [0.05, 0.1) is 35.2 Å². The molecule has 8 heteroatoms. The van der Waals surface area contributed by atoms with Crippen LogP contribution < -0.4 is 10.2 Å². The normalized spacial score (nSPS) is 16.1. The van der Waals surface area contributed by atoms with E-state index in [4.69, 9.17) is 4.74 Å². The molecule has 30 heavy (non-hydrogen) atoms. The van der Waals surface area contributed by atoms with Gasteiger partial charge in [-0.1, -0.05) is 12.1 Å². The third-order valence-corrected chi connectivity index (χ3v) is 5.71. The molecule has 0 radical (unpaired) electrons. The summed E-state index contributed by atoms with van der Waals surface area (Å²) in [7, 11) is 1.75. The molecule has 1 fully saturated rings. The Labute approximate surface area is 174 Å². The zero-order valence-electron chi connectivity index (χ0n) is 17.3. The molecule has 1 aliphatic heterocycles. The van der Waals surface area contributed by atoms with Crippen LogP contribution in [0.5, 0.6) is 0 Å².